The highest BCUT2D eigenvalue weighted by atomic mass is 16.5. The van der Waals surface area contributed by atoms with Gasteiger partial charge in [0.25, 0.3) is 5.56 Å². The third kappa shape index (κ3) is 3.23. The molecule has 0 unspecified atom stereocenters. The maximum Gasteiger partial charge on any atom is 0.267 e. The zero-order valence-electron chi connectivity index (χ0n) is 12.6. The normalized spacial score (nSPS) is 10.5. The van der Waals surface area contributed by atoms with E-state index in [1.54, 1.807) is 24.3 Å². The molecule has 0 bridgehead atoms. The van der Waals surface area contributed by atoms with Crippen LogP contribution in [-0.2, 0) is 6.54 Å². The molecule has 3 aromatic rings. The van der Waals surface area contributed by atoms with Crippen molar-refractivity contribution in [3.63, 3.8) is 0 Å². The Hall–Kier alpha value is -3.08. The van der Waals surface area contributed by atoms with Crippen LogP contribution in [0.2, 0.25) is 0 Å². The van der Waals surface area contributed by atoms with Gasteiger partial charge in [-0.25, -0.2) is 4.68 Å². The molecule has 3 rings (SSSR count). The van der Waals surface area contributed by atoms with Crippen LogP contribution in [-0.4, -0.2) is 22.0 Å². The molecule has 0 fully saturated rings. The van der Waals surface area contributed by atoms with Crippen LogP contribution in [0, 0.1) is 0 Å². The first-order chi connectivity index (χ1) is 11.2. The van der Waals surface area contributed by atoms with E-state index in [2.05, 4.69) is 5.10 Å². The quantitative estimate of drug-likeness (QED) is 0.805. The Morgan fingerprint density at radius 1 is 1.09 bits per heavy atom. The highest BCUT2D eigenvalue weighted by Gasteiger charge is 2.08. The lowest BCUT2D eigenvalue weighted by Gasteiger charge is -2.09. The SMILES string of the molecule is COc1cc(-c2ccc(=O)n(Cc3ccccc3)n2)ccc1O. The summed E-state index contributed by atoms with van der Waals surface area (Å²) in [4.78, 5) is 12.0. The van der Waals surface area contributed by atoms with Gasteiger partial charge in [0.05, 0.1) is 19.3 Å². The van der Waals surface area contributed by atoms with Crippen LogP contribution in [0.15, 0.2) is 65.5 Å². The minimum absolute atomic E-state index is 0.0638. The lowest BCUT2D eigenvalue weighted by Crippen LogP contribution is -2.22. The molecule has 5 heteroatoms. The van der Waals surface area contributed by atoms with Crippen LogP contribution in [0.4, 0.5) is 0 Å². The van der Waals surface area contributed by atoms with Crippen LogP contribution >= 0.6 is 0 Å². The summed E-state index contributed by atoms with van der Waals surface area (Å²) in [7, 11) is 1.49. The Morgan fingerprint density at radius 2 is 1.87 bits per heavy atom. The van der Waals surface area contributed by atoms with Gasteiger partial charge in [-0.1, -0.05) is 30.3 Å². The number of nitrogens with zero attached hydrogens (tertiary/aromatic N) is 2. The third-order valence-electron chi connectivity index (χ3n) is 3.52. The molecule has 0 aliphatic heterocycles. The van der Waals surface area contributed by atoms with E-state index >= 15 is 0 Å². The lowest BCUT2D eigenvalue weighted by molar-refractivity contribution is 0.373. The van der Waals surface area contributed by atoms with Gasteiger partial charge in [0.1, 0.15) is 0 Å². The van der Waals surface area contributed by atoms with E-state index in [-0.39, 0.29) is 11.3 Å². The molecule has 5 nitrogen and oxygen atoms in total. The van der Waals surface area contributed by atoms with Gasteiger partial charge in [0, 0.05) is 11.6 Å². The van der Waals surface area contributed by atoms with Crippen molar-refractivity contribution < 1.29 is 9.84 Å². The van der Waals surface area contributed by atoms with Crippen molar-refractivity contribution in [2.24, 2.45) is 0 Å². The molecule has 0 radical (unpaired) electrons. The maximum absolute atomic E-state index is 12.0. The molecule has 1 heterocycles. The van der Waals surface area contributed by atoms with Crippen LogP contribution in [0.5, 0.6) is 11.5 Å². The molecule has 0 aliphatic rings. The summed E-state index contributed by atoms with van der Waals surface area (Å²) in [6, 6.07) is 17.8. The number of phenols is 1. The van der Waals surface area contributed by atoms with Crippen LogP contribution in [0.1, 0.15) is 5.56 Å². The van der Waals surface area contributed by atoms with E-state index in [1.165, 1.54) is 17.9 Å². The van der Waals surface area contributed by atoms with E-state index < -0.39 is 0 Å². The first kappa shape index (κ1) is 14.8. The Bertz CT molecular complexity index is 873. The number of rotatable bonds is 4. The first-order valence-electron chi connectivity index (χ1n) is 7.17. The van der Waals surface area contributed by atoms with Crippen molar-refractivity contribution in [2.75, 3.05) is 7.11 Å². The molecule has 116 valence electrons. The molecule has 2 aromatic carbocycles. The highest BCUT2D eigenvalue weighted by molar-refractivity contribution is 5.63. The van der Waals surface area contributed by atoms with Gasteiger partial charge in [-0.05, 0) is 29.8 Å². The van der Waals surface area contributed by atoms with Gasteiger partial charge in [-0.15, -0.1) is 0 Å². The minimum Gasteiger partial charge on any atom is -0.504 e. The molecule has 1 aromatic heterocycles. The second kappa shape index (κ2) is 6.36. The fraction of sp³-hybridized carbons (Fsp3) is 0.111. The van der Waals surface area contributed by atoms with Crippen LogP contribution < -0.4 is 10.3 Å². The number of ether oxygens (including phenoxy) is 1. The number of hydrogen-bond acceptors (Lipinski definition) is 4. The first-order valence-corrected chi connectivity index (χ1v) is 7.17. The third-order valence-corrected chi connectivity index (χ3v) is 3.52. The smallest absolute Gasteiger partial charge is 0.267 e. The van der Waals surface area contributed by atoms with Crippen molar-refractivity contribution in [2.45, 2.75) is 6.54 Å². The lowest BCUT2D eigenvalue weighted by atomic mass is 10.1. The fourth-order valence-electron chi connectivity index (χ4n) is 2.31. The summed E-state index contributed by atoms with van der Waals surface area (Å²) >= 11 is 0. The average Bonchev–Trinajstić information content (AvgIpc) is 2.58. The number of benzene rings is 2. The molecule has 0 spiro atoms. The zero-order chi connectivity index (χ0) is 16.2. The number of aromatic nitrogens is 2. The van der Waals surface area contributed by atoms with E-state index in [0.29, 0.717) is 18.0 Å². The van der Waals surface area contributed by atoms with Crippen molar-refractivity contribution >= 4 is 0 Å². The molecule has 0 saturated carbocycles. The van der Waals surface area contributed by atoms with Crippen molar-refractivity contribution in [1.82, 2.24) is 9.78 Å². The van der Waals surface area contributed by atoms with E-state index in [0.717, 1.165) is 11.1 Å². The average molecular weight is 308 g/mol. The van der Waals surface area contributed by atoms with Gasteiger partial charge in [0.15, 0.2) is 11.5 Å². The summed E-state index contributed by atoms with van der Waals surface area (Å²) in [5.41, 5.74) is 2.24. The van der Waals surface area contributed by atoms with Gasteiger partial charge in [0.2, 0.25) is 0 Å². The molecule has 1 N–H and O–H groups in total. The Kier molecular flexibility index (Phi) is 4.10. The topological polar surface area (TPSA) is 64.4 Å². The second-order valence-electron chi connectivity index (χ2n) is 5.09. The second-order valence-corrected chi connectivity index (χ2v) is 5.09. The van der Waals surface area contributed by atoms with Gasteiger partial charge in [-0.3, -0.25) is 4.79 Å². The molecule has 23 heavy (non-hydrogen) atoms. The number of phenolic OH excluding ortho intramolecular Hbond substituents is 1. The maximum atomic E-state index is 12.0. The van der Waals surface area contributed by atoms with Crippen molar-refractivity contribution in [3.8, 4) is 22.8 Å². The molecule has 0 saturated heterocycles. The van der Waals surface area contributed by atoms with Crippen molar-refractivity contribution in [1.29, 1.82) is 0 Å². The predicted molar refractivity (Wildman–Crippen MR) is 87.7 cm³/mol. The van der Waals surface area contributed by atoms with Gasteiger partial charge < -0.3 is 9.84 Å². The van der Waals surface area contributed by atoms with E-state index in [4.69, 9.17) is 4.74 Å². The molecular weight excluding hydrogens is 292 g/mol. The molecule has 0 atom stereocenters. The Balaban J connectivity index is 1.99. The number of methoxy groups -OCH3 is 1. The summed E-state index contributed by atoms with van der Waals surface area (Å²) in [6.45, 7) is 0.405. The molecular formula is C18H16N2O3. The van der Waals surface area contributed by atoms with Crippen molar-refractivity contribution in [3.05, 3.63) is 76.6 Å². The monoisotopic (exact) mass is 308 g/mol. The van der Waals surface area contributed by atoms with Crippen LogP contribution in [0.3, 0.4) is 0 Å². The van der Waals surface area contributed by atoms with Gasteiger partial charge >= 0.3 is 0 Å². The standard InChI is InChI=1S/C18H16N2O3/c1-23-17-11-14(7-9-16(17)21)15-8-10-18(22)20(19-15)12-13-5-3-2-4-6-13/h2-11,21H,12H2,1H3. The summed E-state index contributed by atoms with van der Waals surface area (Å²) in [5, 5.41) is 14.1. The van der Waals surface area contributed by atoms with Gasteiger partial charge in [-0.2, -0.15) is 5.10 Å². The number of hydrogen-bond donors (Lipinski definition) is 1. The van der Waals surface area contributed by atoms with Crippen LogP contribution in [0.25, 0.3) is 11.3 Å². The highest BCUT2D eigenvalue weighted by Crippen LogP contribution is 2.30. The van der Waals surface area contributed by atoms with E-state index in [9.17, 15) is 9.90 Å². The van der Waals surface area contributed by atoms with E-state index in [1.807, 2.05) is 30.3 Å². The number of aromatic hydroxyl groups is 1. The molecule has 0 aliphatic carbocycles. The zero-order valence-corrected chi connectivity index (χ0v) is 12.6. The largest absolute Gasteiger partial charge is 0.504 e. The summed E-state index contributed by atoms with van der Waals surface area (Å²) in [5.74, 6) is 0.430. The minimum atomic E-state index is -0.164. The fourth-order valence-corrected chi connectivity index (χ4v) is 2.31. The molecule has 0 amide bonds. The Labute approximate surface area is 133 Å². The Morgan fingerprint density at radius 3 is 2.61 bits per heavy atom. The predicted octanol–water partition coefficient (Wildman–Crippen LogP) is 2.67. The summed E-state index contributed by atoms with van der Waals surface area (Å²) < 4.78 is 6.53. The summed E-state index contributed by atoms with van der Waals surface area (Å²) in [6.07, 6.45) is 0.